The molecule has 1 saturated heterocycles. The molecule has 3 aromatic carbocycles. The van der Waals surface area contributed by atoms with Crippen molar-refractivity contribution in [2.45, 2.75) is 25.3 Å². The van der Waals surface area contributed by atoms with Crippen molar-refractivity contribution in [2.75, 3.05) is 37.6 Å². The molecule has 0 spiro atoms. The highest BCUT2D eigenvalue weighted by atomic mass is 32.2. The standard InChI is InChI=1S/C27H31N3O3S/c1-22-10-9-15-26(23(22)2)28-16-18-29(19-17-28)27(31)21-30(20-24-11-5-3-6-12-24)34(32,33)25-13-7-4-8-14-25/h3-15H,16-21H2,1-2H3. The molecule has 34 heavy (non-hydrogen) atoms. The van der Waals surface area contributed by atoms with E-state index in [9.17, 15) is 13.2 Å². The number of sulfonamides is 1. The van der Waals surface area contributed by atoms with E-state index >= 15 is 0 Å². The third-order valence-electron chi connectivity index (χ3n) is 6.44. The molecule has 1 fully saturated rings. The molecule has 0 saturated carbocycles. The zero-order valence-electron chi connectivity index (χ0n) is 19.7. The molecule has 0 radical (unpaired) electrons. The molecule has 6 nitrogen and oxygen atoms in total. The molecule has 1 amide bonds. The molecule has 0 aliphatic carbocycles. The van der Waals surface area contributed by atoms with Crippen LogP contribution in [0.4, 0.5) is 5.69 Å². The van der Waals surface area contributed by atoms with Crippen LogP contribution in [-0.2, 0) is 21.4 Å². The van der Waals surface area contributed by atoms with Crippen LogP contribution in [0.1, 0.15) is 16.7 Å². The average Bonchev–Trinajstić information content (AvgIpc) is 2.86. The van der Waals surface area contributed by atoms with Gasteiger partial charge in [0.15, 0.2) is 0 Å². The molecule has 0 N–H and O–H groups in total. The van der Waals surface area contributed by atoms with Gasteiger partial charge in [-0.3, -0.25) is 4.79 Å². The summed E-state index contributed by atoms with van der Waals surface area (Å²) >= 11 is 0. The van der Waals surface area contributed by atoms with E-state index in [0.29, 0.717) is 13.1 Å². The summed E-state index contributed by atoms with van der Waals surface area (Å²) in [6.45, 7) is 6.76. The van der Waals surface area contributed by atoms with Gasteiger partial charge in [-0.1, -0.05) is 60.7 Å². The summed E-state index contributed by atoms with van der Waals surface area (Å²) in [5, 5.41) is 0. The Morgan fingerprint density at radius 1 is 0.824 bits per heavy atom. The lowest BCUT2D eigenvalue weighted by molar-refractivity contribution is -0.131. The molecule has 3 aromatic rings. The fraction of sp³-hybridized carbons (Fsp3) is 0.296. The van der Waals surface area contributed by atoms with Gasteiger partial charge in [-0.05, 0) is 48.7 Å². The zero-order valence-corrected chi connectivity index (χ0v) is 20.5. The Morgan fingerprint density at radius 2 is 1.44 bits per heavy atom. The van der Waals surface area contributed by atoms with Crippen LogP contribution in [0.3, 0.4) is 0 Å². The maximum atomic E-state index is 13.4. The van der Waals surface area contributed by atoms with E-state index in [-0.39, 0.29) is 23.9 Å². The molecule has 1 aliphatic heterocycles. The lowest BCUT2D eigenvalue weighted by Gasteiger charge is -2.37. The van der Waals surface area contributed by atoms with Gasteiger partial charge >= 0.3 is 0 Å². The summed E-state index contributed by atoms with van der Waals surface area (Å²) < 4.78 is 28.1. The van der Waals surface area contributed by atoms with E-state index in [1.807, 2.05) is 30.3 Å². The Hall–Kier alpha value is -3.16. The highest BCUT2D eigenvalue weighted by Crippen LogP contribution is 2.24. The minimum atomic E-state index is -3.82. The minimum absolute atomic E-state index is 0.145. The van der Waals surface area contributed by atoms with Gasteiger partial charge in [0.2, 0.25) is 15.9 Å². The SMILES string of the molecule is Cc1cccc(N2CCN(C(=O)CN(Cc3ccccc3)S(=O)(=O)c3ccccc3)CC2)c1C. The Bertz CT molecular complexity index is 1220. The van der Waals surface area contributed by atoms with Crippen molar-refractivity contribution in [3.05, 3.63) is 95.6 Å². The average molecular weight is 478 g/mol. The number of anilines is 1. The normalized spacial score (nSPS) is 14.4. The first-order valence-electron chi connectivity index (χ1n) is 11.5. The summed E-state index contributed by atoms with van der Waals surface area (Å²) in [4.78, 5) is 17.5. The van der Waals surface area contributed by atoms with Crippen LogP contribution >= 0.6 is 0 Å². The third-order valence-corrected chi connectivity index (χ3v) is 8.25. The fourth-order valence-corrected chi connectivity index (χ4v) is 5.68. The summed E-state index contributed by atoms with van der Waals surface area (Å²) in [5.74, 6) is -0.170. The molecule has 0 aromatic heterocycles. The molecule has 0 bridgehead atoms. The van der Waals surface area contributed by atoms with Gasteiger partial charge in [-0.15, -0.1) is 0 Å². The van der Waals surface area contributed by atoms with Gasteiger partial charge in [0.05, 0.1) is 11.4 Å². The first-order valence-corrected chi connectivity index (χ1v) is 13.0. The fourth-order valence-electron chi connectivity index (χ4n) is 4.28. The number of hydrogen-bond donors (Lipinski definition) is 0. The highest BCUT2D eigenvalue weighted by Gasteiger charge is 2.30. The predicted octanol–water partition coefficient (Wildman–Crippen LogP) is 3.84. The molecule has 178 valence electrons. The topological polar surface area (TPSA) is 60.9 Å². The number of hydrogen-bond acceptors (Lipinski definition) is 4. The van der Waals surface area contributed by atoms with Gasteiger partial charge in [-0.2, -0.15) is 4.31 Å². The van der Waals surface area contributed by atoms with Crippen molar-refractivity contribution in [1.82, 2.24) is 9.21 Å². The quantitative estimate of drug-likeness (QED) is 0.519. The third kappa shape index (κ3) is 5.32. The van der Waals surface area contributed by atoms with E-state index in [4.69, 9.17) is 0 Å². The lowest BCUT2D eigenvalue weighted by atomic mass is 10.1. The van der Waals surface area contributed by atoms with Crippen LogP contribution in [0.25, 0.3) is 0 Å². The van der Waals surface area contributed by atoms with E-state index in [2.05, 4.69) is 36.9 Å². The van der Waals surface area contributed by atoms with Crippen molar-refractivity contribution < 1.29 is 13.2 Å². The molecule has 0 atom stereocenters. The molecule has 0 unspecified atom stereocenters. The van der Waals surface area contributed by atoms with Crippen molar-refractivity contribution in [2.24, 2.45) is 0 Å². The number of aryl methyl sites for hydroxylation is 1. The summed E-state index contributed by atoms with van der Waals surface area (Å²) in [7, 11) is -3.82. The second kappa shape index (κ2) is 10.4. The maximum absolute atomic E-state index is 13.4. The van der Waals surface area contributed by atoms with Gasteiger partial charge in [0.25, 0.3) is 0 Å². The Kier molecular flexibility index (Phi) is 7.34. The number of carbonyl (C=O) groups excluding carboxylic acids is 1. The number of piperazine rings is 1. The summed E-state index contributed by atoms with van der Waals surface area (Å²) in [6.07, 6.45) is 0. The van der Waals surface area contributed by atoms with E-state index in [0.717, 1.165) is 18.7 Å². The highest BCUT2D eigenvalue weighted by molar-refractivity contribution is 7.89. The van der Waals surface area contributed by atoms with E-state index in [1.54, 1.807) is 35.2 Å². The number of amides is 1. The molecule has 4 rings (SSSR count). The van der Waals surface area contributed by atoms with Crippen molar-refractivity contribution in [3.63, 3.8) is 0 Å². The van der Waals surface area contributed by atoms with Crippen LogP contribution < -0.4 is 4.90 Å². The van der Waals surface area contributed by atoms with Crippen molar-refractivity contribution in [1.29, 1.82) is 0 Å². The number of rotatable bonds is 7. The number of nitrogens with zero attached hydrogens (tertiary/aromatic N) is 3. The van der Waals surface area contributed by atoms with E-state index in [1.165, 1.54) is 21.1 Å². The molecule has 1 aliphatic rings. The molecule has 1 heterocycles. The van der Waals surface area contributed by atoms with Crippen molar-refractivity contribution in [3.8, 4) is 0 Å². The van der Waals surface area contributed by atoms with Crippen LogP contribution in [-0.4, -0.2) is 56.3 Å². The van der Waals surface area contributed by atoms with Crippen molar-refractivity contribution >= 4 is 21.6 Å². The van der Waals surface area contributed by atoms with Crippen LogP contribution in [0, 0.1) is 13.8 Å². The monoisotopic (exact) mass is 477 g/mol. The maximum Gasteiger partial charge on any atom is 0.243 e. The Balaban J connectivity index is 1.48. The smallest absolute Gasteiger partial charge is 0.243 e. The Labute approximate surface area is 202 Å². The van der Waals surface area contributed by atoms with Gasteiger partial charge in [0.1, 0.15) is 0 Å². The largest absolute Gasteiger partial charge is 0.368 e. The lowest BCUT2D eigenvalue weighted by Crippen LogP contribution is -2.52. The van der Waals surface area contributed by atoms with Crippen LogP contribution in [0.15, 0.2) is 83.8 Å². The molecule has 7 heteroatoms. The number of benzene rings is 3. The number of carbonyl (C=O) groups is 1. The minimum Gasteiger partial charge on any atom is -0.368 e. The molecular formula is C27H31N3O3S. The van der Waals surface area contributed by atoms with Gasteiger partial charge in [-0.25, -0.2) is 8.42 Å². The first kappa shape index (κ1) is 24.0. The van der Waals surface area contributed by atoms with Crippen LogP contribution in [0.2, 0.25) is 0 Å². The zero-order chi connectivity index (χ0) is 24.1. The Morgan fingerprint density at radius 3 is 2.09 bits per heavy atom. The van der Waals surface area contributed by atoms with Crippen LogP contribution in [0.5, 0.6) is 0 Å². The van der Waals surface area contributed by atoms with Gasteiger partial charge in [0, 0.05) is 38.4 Å². The summed E-state index contributed by atoms with van der Waals surface area (Å²) in [6, 6.07) is 24.0. The van der Waals surface area contributed by atoms with Gasteiger partial charge < -0.3 is 9.80 Å². The predicted molar refractivity (Wildman–Crippen MR) is 135 cm³/mol. The van der Waals surface area contributed by atoms with E-state index < -0.39 is 10.0 Å². The molecular weight excluding hydrogens is 446 g/mol. The summed E-state index contributed by atoms with van der Waals surface area (Å²) in [5.41, 5.74) is 4.54. The second-order valence-electron chi connectivity index (χ2n) is 8.66. The second-order valence-corrected chi connectivity index (χ2v) is 10.6. The first-order chi connectivity index (χ1) is 16.4.